The third-order valence-electron chi connectivity index (χ3n) is 3.65. The molecule has 0 aliphatic heterocycles. The van der Waals surface area contributed by atoms with Gasteiger partial charge < -0.3 is 4.74 Å². The highest BCUT2D eigenvalue weighted by Gasteiger charge is 2.11. The minimum atomic E-state index is 0.818. The molecule has 0 N–H and O–H groups in total. The highest BCUT2D eigenvalue weighted by Crippen LogP contribution is 2.32. The van der Waals surface area contributed by atoms with E-state index in [0.717, 1.165) is 27.9 Å². The van der Waals surface area contributed by atoms with E-state index in [9.17, 15) is 0 Å². The lowest BCUT2D eigenvalue weighted by Gasteiger charge is -2.11. The number of pyridine rings is 1. The number of aromatic nitrogens is 1. The molecule has 0 atom stereocenters. The molecule has 2 heteroatoms. The number of benzene rings is 2. The van der Waals surface area contributed by atoms with Crippen LogP contribution in [-0.2, 0) is 0 Å². The zero-order valence-corrected chi connectivity index (χ0v) is 12.9. The number of ether oxygens (including phenoxy) is 1. The SMILES string of the molecule is COc1cc2cc(C)ccc2nc1-c1cc(C)cc(C)c1. The lowest BCUT2D eigenvalue weighted by Crippen LogP contribution is -1.94. The van der Waals surface area contributed by atoms with Gasteiger partial charge in [0.05, 0.1) is 12.6 Å². The lowest BCUT2D eigenvalue weighted by molar-refractivity contribution is 0.415. The molecule has 0 spiro atoms. The van der Waals surface area contributed by atoms with Crippen LogP contribution in [0.2, 0.25) is 0 Å². The summed E-state index contributed by atoms with van der Waals surface area (Å²) < 4.78 is 5.56. The van der Waals surface area contributed by atoms with Gasteiger partial charge in [-0.1, -0.05) is 28.8 Å². The van der Waals surface area contributed by atoms with E-state index in [-0.39, 0.29) is 0 Å². The number of fused-ring (bicyclic) bond motifs is 1. The summed E-state index contributed by atoms with van der Waals surface area (Å²) >= 11 is 0. The van der Waals surface area contributed by atoms with Gasteiger partial charge in [0.2, 0.25) is 0 Å². The fourth-order valence-electron chi connectivity index (χ4n) is 2.75. The van der Waals surface area contributed by atoms with Gasteiger partial charge in [-0.25, -0.2) is 4.98 Å². The highest BCUT2D eigenvalue weighted by atomic mass is 16.5. The zero-order valence-electron chi connectivity index (χ0n) is 12.9. The summed E-state index contributed by atoms with van der Waals surface area (Å²) in [6, 6.07) is 14.8. The van der Waals surface area contributed by atoms with Crippen molar-refractivity contribution in [3.05, 3.63) is 59.2 Å². The molecule has 1 aromatic heterocycles. The molecule has 0 amide bonds. The van der Waals surface area contributed by atoms with Crippen LogP contribution >= 0.6 is 0 Å². The molecular weight excluding hydrogens is 258 g/mol. The number of aryl methyl sites for hydroxylation is 3. The molecule has 2 aromatic carbocycles. The fourth-order valence-corrected chi connectivity index (χ4v) is 2.75. The zero-order chi connectivity index (χ0) is 15.0. The second-order valence-electron chi connectivity index (χ2n) is 5.61. The van der Waals surface area contributed by atoms with E-state index in [0.29, 0.717) is 0 Å². The van der Waals surface area contributed by atoms with Crippen molar-refractivity contribution in [3.8, 4) is 17.0 Å². The first kappa shape index (κ1) is 13.6. The molecule has 3 rings (SSSR count). The van der Waals surface area contributed by atoms with Gasteiger partial charge in [-0.2, -0.15) is 0 Å². The number of nitrogens with zero attached hydrogens (tertiary/aromatic N) is 1. The second-order valence-corrected chi connectivity index (χ2v) is 5.61. The van der Waals surface area contributed by atoms with Crippen molar-refractivity contribution in [2.45, 2.75) is 20.8 Å². The maximum atomic E-state index is 5.56. The minimum Gasteiger partial charge on any atom is -0.494 e. The predicted molar refractivity (Wildman–Crippen MR) is 87.9 cm³/mol. The molecule has 0 aliphatic rings. The Morgan fingerprint density at radius 1 is 0.810 bits per heavy atom. The lowest BCUT2D eigenvalue weighted by atomic mass is 10.0. The first-order chi connectivity index (χ1) is 10.1. The average molecular weight is 277 g/mol. The molecule has 1 heterocycles. The molecule has 0 aliphatic carbocycles. The number of rotatable bonds is 2. The van der Waals surface area contributed by atoms with Gasteiger partial charge in [0, 0.05) is 10.9 Å². The van der Waals surface area contributed by atoms with Crippen molar-refractivity contribution < 1.29 is 4.74 Å². The standard InChI is InChI=1S/C19H19NO/c1-12-5-6-17-15(8-12)11-18(21-4)19(20-17)16-9-13(2)7-14(3)10-16/h5-11H,1-4H3. The topological polar surface area (TPSA) is 22.1 Å². The van der Waals surface area contributed by atoms with Crippen molar-refractivity contribution in [2.24, 2.45) is 0 Å². The molecule has 0 saturated heterocycles. The monoisotopic (exact) mass is 277 g/mol. The Hall–Kier alpha value is -2.35. The average Bonchev–Trinajstić information content (AvgIpc) is 2.44. The first-order valence-corrected chi connectivity index (χ1v) is 7.11. The summed E-state index contributed by atoms with van der Waals surface area (Å²) in [5, 5.41) is 1.11. The van der Waals surface area contributed by atoms with E-state index in [2.05, 4.69) is 63.2 Å². The van der Waals surface area contributed by atoms with Crippen LogP contribution in [-0.4, -0.2) is 12.1 Å². The van der Waals surface area contributed by atoms with Gasteiger partial charge >= 0.3 is 0 Å². The summed E-state index contributed by atoms with van der Waals surface area (Å²) in [5.41, 5.74) is 6.70. The Kier molecular flexibility index (Phi) is 3.38. The van der Waals surface area contributed by atoms with Gasteiger partial charge in [0.15, 0.2) is 0 Å². The molecule has 3 aromatic rings. The van der Waals surface area contributed by atoms with Crippen LogP contribution in [0.25, 0.3) is 22.2 Å². The molecule has 0 radical (unpaired) electrons. The maximum absolute atomic E-state index is 5.56. The molecule has 0 saturated carbocycles. The Bertz CT molecular complexity index is 801. The Balaban J connectivity index is 2.27. The summed E-state index contributed by atoms with van der Waals surface area (Å²) in [5.74, 6) is 0.818. The van der Waals surface area contributed by atoms with Crippen LogP contribution in [0.4, 0.5) is 0 Å². The van der Waals surface area contributed by atoms with Crippen molar-refractivity contribution in [2.75, 3.05) is 7.11 Å². The van der Waals surface area contributed by atoms with Gasteiger partial charge in [0.25, 0.3) is 0 Å². The summed E-state index contributed by atoms with van der Waals surface area (Å²) in [6.07, 6.45) is 0. The summed E-state index contributed by atoms with van der Waals surface area (Å²) in [7, 11) is 1.70. The van der Waals surface area contributed by atoms with Gasteiger partial charge in [-0.3, -0.25) is 0 Å². The van der Waals surface area contributed by atoms with Crippen molar-refractivity contribution in [3.63, 3.8) is 0 Å². The predicted octanol–water partition coefficient (Wildman–Crippen LogP) is 4.84. The van der Waals surface area contributed by atoms with E-state index < -0.39 is 0 Å². The Labute approximate surface area is 125 Å². The summed E-state index contributed by atoms with van der Waals surface area (Å²) in [6.45, 7) is 6.30. The molecular formula is C19H19NO. The largest absolute Gasteiger partial charge is 0.494 e. The van der Waals surface area contributed by atoms with Crippen molar-refractivity contribution >= 4 is 10.9 Å². The molecule has 0 bridgehead atoms. The van der Waals surface area contributed by atoms with E-state index in [4.69, 9.17) is 9.72 Å². The van der Waals surface area contributed by atoms with Crippen molar-refractivity contribution in [1.82, 2.24) is 4.98 Å². The third-order valence-corrected chi connectivity index (χ3v) is 3.65. The van der Waals surface area contributed by atoms with E-state index in [1.165, 1.54) is 16.7 Å². The van der Waals surface area contributed by atoms with Crippen LogP contribution in [0, 0.1) is 20.8 Å². The second kappa shape index (κ2) is 5.21. The van der Waals surface area contributed by atoms with Crippen molar-refractivity contribution in [1.29, 1.82) is 0 Å². The van der Waals surface area contributed by atoms with Crippen LogP contribution in [0.15, 0.2) is 42.5 Å². The normalized spacial score (nSPS) is 10.9. The minimum absolute atomic E-state index is 0.818. The van der Waals surface area contributed by atoms with Gasteiger partial charge in [-0.15, -0.1) is 0 Å². The smallest absolute Gasteiger partial charge is 0.145 e. The maximum Gasteiger partial charge on any atom is 0.145 e. The van der Waals surface area contributed by atoms with E-state index in [1.54, 1.807) is 7.11 Å². The number of hydrogen-bond donors (Lipinski definition) is 0. The third kappa shape index (κ3) is 2.62. The molecule has 106 valence electrons. The van der Waals surface area contributed by atoms with Crippen LogP contribution < -0.4 is 4.74 Å². The Morgan fingerprint density at radius 2 is 1.52 bits per heavy atom. The van der Waals surface area contributed by atoms with Crippen LogP contribution in [0.3, 0.4) is 0 Å². The molecule has 21 heavy (non-hydrogen) atoms. The highest BCUT2D eigenvalue weighted by molar-refractivity contribution is 5.85. The van der Waals surface area contributed by atoms with Crippen LogP contribution in [0.5, 0.6) is 5.75 Å². The summed E-state index contributed by atoms with van der Waals surface area (Å²) in [4.78, 5) is 4.81. The van der Waals surface area contributed by atoms with E-state index >= 15 is 0 Å². The molecule has 0 fully saturated rings. The number of hydrogen-bond acceptors (Lipinski definition) is 2. The fraction of sp³-hybridized carbons (Fsp3) is 0.211. The molecule has 0 unspecified atom stereocenters. The molecule has 2 nitrogen and oxygen atoms in total. The van der Waals surface area contributed by atoms with Crippen LogP contribution in [0.1, 0.15) is 16.7 Å². The van der Waals surface area contributed by atoms with Gasteiger partial charge in [-0.05, 0) is 51.1 Å². The quantitative estimate of drug-likeness (QED) is 0.669. The van der Waals surface area contributed by atoms with Gasteiger partial charge in [0.1, 0.15) is 11.4 Å². The van der Waals surface area contributed by atoms with E-state index in [1.807, 2.05) is 0 Å². The number of methoxy groups -OCH3 is 1. The first-order valence-electron chi connectivity index (χ1n) is 7.11. The Morgan fingerprint density at radius 3 is 2.19 bits per heavy atom.